The van der Waals surface area contributed by atoms with Crippen LogP contribution in [0.5, 0.6) is 6.01 Å². The summed E-state index contributed by atoms with van der Waals surface area (Å²) in [5.74, 6) is -0.429. The first-order valence-corrected chi connectivity index (χ1v) is 3.56. The van der Waals surface area contributed by atoms with Gasteiger partial charge in [-0.1, -0.05) is 0 Å². The maximum atomic E-state index is 11.2. The van der Waals surface area contributed by atoms with Gasteiger partial charge >= 0.3 is 5.97 Å². The van der Waals surface area contributed by atoms with Gasteiger partial charge in [0.2, 0.25) is 0 Å². The van der Waals surface area contributed by atoms with Gasteiger partial charge in [0.05, 0.1) is 14.2 Å². The summed E-state index contributed by atoms with van der Waals surface area (Å²) >= 11 is 0. The molecule has 0 radical (unpaired) electrons. The van der Waals surface area contributed by atoms with E-state index in [1.807, 2.05) is 0 Å². The van der Waals surface area contributed by atoms with Gasteiger partial charge in [-0.25, -0.2) is 4.79 Å². The molecule has 0 saturated heterocycles. The fraction of sp³-hybridized carbons (Fsp3) is 0.429. The SMILES string of the molecule is COC(=O)c1c(N)nc(OC)n1C. The molecule has 6 heteroatoms. The summed E-state index contributed by atoms with van der Waals surface area (Å²) in [4.78, 5) is 15.0. The van der Waals surface area contributed by atoms with E-state index in [1.54, 1.807) is 7.05 Å². The zero-order valence-electron chi connectivity index (χ0n) is 7.70. The number of imidazole rings is 1. The van der Waals surface area contributed by atoms with Gasteiger partial charge in [-0.15, -0.1) is 0 Å². The van der Waals surface area contributed by atoms with E-state index in [1.165, 1.54) is 18.8 Å². The summed E-state index contributed by atoms with van der Waals surface area (Å²) in [5.41, 5.74) is 5.68. The smallest absolute Gasteiger partial charge is 0.358 e. The molecule has 1 heterocycles. The van der Waals surface area contributed by atoms with E-state index >= 15 is 0 Å². The zero-order valence-corrected chi connectivity index (χ0v) is 7.70. The Kier molecular flexibility index (Phi) is 2.41. The number of nitrogen functional groups attached to an aromatic ring is 1. The largest absolute Gasteiger partial charge is 0.468 e. The molecule has 0 aliphatic carbocycles. The third-order valence-corrected chi connectivity index (χ3v) is 1.64. The van der Waals surface area contributed by atoms with E-state index in [4.69, 9.17) is 10.5 Å². The maximum Gasteiger partial charge on any atom is 0.358 e. The topological polar surface area (TPSA) is 79.4 Å². The van der Waals surface area contributed by atoms with Crippen LogP contribution in [0.15, 0.2) is 0 Å². The number of esters is 1. The van der Waals surface area contributed by atoms with Crippen molar-refractivity contribution in [1.29, 1.82) is 0 Å². The van der Waals surface area contributed by atoms with Gasteiger partial charge in [0.1, 0.15) is 0 Å². The monoisotopic (exact) mass is 185 g/mol. The second-order valence-electron chi connectivity index (χ2n) is 2.38. The molecule has 0 amide bonds. The standard InChI is InChI=1S/C7H11N3O3/c1-10-4(6(11)12-2)5(8)9-7(10)13-3/h8H2,1-3H3. The van der Waals surface area contributed by atoms with Crippen LogP contribution in [-0.4, -0.2) is 29.7 Å². The Labute approximate surface area is 75.3 Å². The van der Waals surface area contributed by atoms with E-state index in [0.717, 1.165) is 0 Å². The van der Waals surface area contributed by atoms with Crippen LogP contribution in [0, 0.1) is 0 Å². The van der Waals surface area contributed by atoms with E-state index in [9.17, 15) is 4.79 Å². The number of hydrogen-bond acceptors (Lipinski definition) is 5. The summed E-state index contributed by atoms with van der Waals surface area (Å²) in [6, 6.07) is 0.276. The Hall–Kier alpha value is -1.72. The molecule has 0 unspecified atom stereocenters. The number of anilines is 1. The molecule has 1 aromatic heterocycles. The first-order chi connectivity index (χ1) is 6.11. The van der Waals surface area contributed by atoms with Crippen molar-refractivity contribution in [2.45, 2.75) is 0 Å². The lowest BCUT2D eigenvalue weighted by Crippen LogP contribution is -2.10. The minimum atomic E-state index is -0.532. The van der Waals surface area contributed by atoms with Crippen LogP contribution in [0.1, 0.15) is 10.5 Å². The average molecular weight is 185 g/mol. The Morgan fingerprint density at radius 3 is 2.54 bits per heavy atom. The molecular weight excluding hydrogens is 174 g/mol. The van der Waals surface area contributed by atoms with Crippen molar-refractivity contribution in [1.82, 2.24) is 9.55 Å². The molecule has 1 rings (SSSR count). The molecule has 6 nitrogen and oxygen atoms in total. The van der Waals surface area contributed by atoms with Gasteiger partial charge in [-0.05, 0) is 0 Å². The third kappa shape index (κ3) is 1.42. The summed E-state index contributed by atoms with van der Waals surface area (Å²) in [7, 11) is 4.35. The minimum absolute atomic E-state index is 0.103. The second kappa shape index (κ2) is 3.34. The lowest BCUT2D eigenvalue weighted by atomic mass is 10.4. The molecule has 0 saturated carbocycles. The molecule has 0 aliphatic heterocycles. The van der Waals surface area contributed by atoms with Crippen LogP contribution in [0.25, 0.3) is 0 Å². The first-order valence-electron chi connectivity index (χ1n) is 3.56. The lowest BCUT2D eigenvalue weighted by molar-refractivity contribution is 0.0590. The van der Waals surface area contributed by atoms with Crippen LogP contribution in [0.2, 0.25) is 0 Å². The fourth-order valence-electron chi connectivity index (χ4n) is 1.02. The molecule has 0 aromatic carbocycles. The van der Waals surface area contributed by atoms with Gasteiger partial charge in [0.25, 0.3) is 6.01 Å². The highest BCUT2D eigenvalue weighted by molar-refractivity contribution is 5.92. The summed E-state index contributed by atoms with van der Waals surface area (Å²) in [6.45, 7) is 0. The third-order valence-electron chi connectivity index (χ3n) is 1.64. The number of nitrogens with two attached hydrogens (primary N) is 1. The van der Waals surface area contributed by atoms with Crippen LogP contribution in [0.3, 0.4) is 0 Å². The quantitative estimate of drug-likeness (QED) is 0.645. The van der Waals surface area contributed by atoms with Crippen LogP contribution in [-0.2, 0) is 11.8 Å². The average Bonchev–Trinajstić information content (AvgIpc) is 2.40. The summed E-state index contributed by atoms with van der Waals surface area (Å²) in [5, 5.41) is 0. The molecule has 0 atom stereocenters. The highest BCUT2D eigenvalue weighted by Crippen LogP contribution is 2.18. The molecule has 1 aromatic rings. The molecule has 0 fully saturated rings. The van der Waals surface area contributed by atoms with Crippen molar-refractivity contribution in [3.8, 4) is 6.01 Å². The van der Waals surface area contributed by atoms with Gasteiger partial charge < -0.3 is 15.2 Å². The van der Waals surface area contributed by atoms with Gasteiger partial charge in [0.15, 0.2) is 11.5 Å². The fourth-order valence-corrected chi connectivity index (χ4v) is 1.02. The molecule has 13 heavy (non-hydrogen) atoms. The van der Waals surface area contributed by atoms with E-state index < -0.39 is 5.97 Å². The number of methoxy groups -OCH3 is 2. The number of hydrogen-bond donors (Lipinski definition) is 1. The molecule has 0 bridgehead atoms. The maximum absolute atomic E-state index is 11.2. The molecular formula is C7H11N3O3. The normalized spacial score (nSPS) is 9.77. The number of ether oxygens (including phenoxy) is 2. The van der Waals surface area contributed by atoms with Crippen molar-refractivity contribution >= 4 is 11.8 Å². The van der Waals surface area contributed by atoms with Crippen molar-refractivity contribution in [3.63, 3.8) is 0 Å². The van der Waals surface area contributed by atoms with Gasteiger partial charge in [-0.2, -0.15) is 4.98 Å². The van der Waals surface area contributed by atoms with Crippen molar-refractivity contribution < 1.29 is 14.3 Å². The van der Waals surface area contributed by atoms with Gasteiger partial charge in [0, 0.05) is 7.05 Å². The van der Waals surface area contributed by atoms with E-state index in [-0.39, 0.29) is 17.5 Å². The molecule has 0 spiro atoms. The Morgan fingerprint density at radius 2 is 2.15 bits per heavy atom. The van der Waals surface area contributed by atoms with Gasteiger partial charge in [-0.3, -0.25) is 4.57 Å². The van der Waals surface area contributed by atoms with E-state index in [0.29, 0.717) is 0 Å². The molecule has 0 aliphatic rings. The highest BCUT2D eigenvalue weighted by atomic mass is 16.5. The zero-order chi connectivity index (χ0) is 10.0. The first kappa shape index (κ1) is 9.37. The second-order valence-corrected chi connectivity index (χ2v) is 2.38. The molecule has 2 N–H and O–H groups in total. The van der Waals surface area contributed by atoms with Crippen molar-refractivity contribution in [2.75, 3.05) is 20.0 Å². The molecule has 72 valence electrons. The van der Waals surface area contributed by atoms with Crippen LogP contribution >= 0.6 is 0 Å². The Balaban J connectivity index is 3.20. The summed E-state index contributed by atoms with van der Waals surface area (Å²) < 4.78 is 10.8. The number of carbonyl (C=O) groups is 1. The number of aromatic nitrogens is 2. The predicted molar refractivity (Wildman–Crippen MR) is 45.5 cm³/mol. The number of carbonyl (C=O) groups excluding carboxylic acids is 1. The highest BCUT2D eigenvalue weighted by Gasteiger charge is 2.19. The van der Waals surface area contributed by atoms with Crippen LogP contribution in [0.4, 0.5) is 5.82 Å². The van der Waals surface area contributed by atoms with E-state index in [2.05, 4.69) is 9.72 Å². The number of nitrogens with zero attached hydrogens (tertiary/aromatic N) is 2. The minimum Gasteiger partial charge on any atom is -0.468 e. The summed E-state index contributed by atoms with van der Waals surface area (Å²) in [6.07, 6.45) is 0. The van der Waals surface area contributed by atoms with Crippen molar-refractivity contribution in [3.05, 3.63) is 5.69 Å². The number of rotatable bonds is 2. The lowest BCUT2D eigenvalue weighted by Gasteiger charge is -2.01. The predicted octanol–water partition coefficient (Wildman–Crippen LogP) is -0.203. The van der Waals surface area contributed by atoms with Crippen LogP contribution < -0.4 is 10.5 Å². The Morgan fingerprint density at radius 1 is 1.54 bits per heavy atom. The van der Waals surface area contributed by atoms with Crippen molar-refractivity contribution in [2.24, 2.45) is 7.05 Å². The Bertz CT molecular complexity index is 332.